The van der Waals surface area contributed by atoms with E-state index < -0.39 is 0 Å². The number of ether oxygens (including phenoxy) is 1. The first-order valence-electron chi connectivity index (χ1n) is 5.61. The highest BCUT2D eigenvalue weighted by Crippen LogP contribution is 2.22. The topological polar surface area (TPSA) is 53.1 Å². The molecule has 2 aromatic rings. The molecule has 0 bridgehead atoms. The van der Waals surface area contributed by atoms with Crippen LogP contribution in [0.5, 0.6) is 0 Å². The van der Waals surface area contributed by atoms with Gasteiger partial charge in [-0.25, -0.2) is 4.98 Å². The Balaban J connectivity index is 2.26. The summed E-state index contributed by atoms with van der Waals surface area (Å²) >= 11 is 3.45. The van der Waals surface area contributed by atoms with E-state index in [9.17, 15) is 0 Å². The van der Waals surface area contributed by atoms with Crippen LogP contribution in [0.4, 0.5) is 5.95 Å². The molecular formula is C12H16BrN3O. The molecule has 17 heavy (non-hydrogen) atoms. The third-order valence-electron chi connectivity index (χ3n) is 2.51. The summed E-state index contributed by atoms with van der Waals surface area (Å²) in [4.78, 5) is 4.32. The number of benzene rings is 1. The number of hydrogen-bond acceptors (Lipinski definition) is 3. The molecule has 0 unspecified atom stereocenters. The number of anilines is 1. The highest BCUT2D eigenvalue weighted by Gasteiger charge is 2.08. The summed E-state index contributed by atoms with van der Waals surface area (Å²) in [6, 6.07) is 5.94. The minimum Gasteiger partial charge on any atom is -0.377 e. The first kappa shape index (κ1) is 12.4. The van der Waals surface area contributed by atoms with Gasteiger partial charge in [0.05, 0.1) is 23.7 Å². The van der Waals surface area contributed by atoms with Crippen LogP contribution in [0.25, 0.3) is 11.0 Å². The van der Waals surface area contributed by atoms with E-state index in [1.807, 2.05) is 36.6 Å². The van der Waals surface area contributed by atoms with Gasteiger partial charge < -0.3 is 15.0 Å². The number of fused-ring (bicyclic) bond motifs is 1. The average molecular weight is 298 g/mol. The average Bonchev–Trinajstić information content (AvgIpc) is 2.55. The molecule has 0 atom stereocenters. The number of hydrogen-bond donors (Lipinski definition) is 1. The van der Waals surface area contributed by atoms with E-state index in [0.717, 1.165) is 22.1 Å². The molecular weight excluding hydrogens is 282 g/mol. The van der Waals surface area contributed by atoms with Crippen LogP contribution in [0.3, 0.4) is 0 Å². The first-order valence-corrected chi connectivity index (χ1v) is 6.40. The van der Waals surface area contributed by atoms with Gasteiger partial charge in [-0.1, -0.05) is 15.9 Å². The van der Waals surface area contributed by atoms with Gasteiger partial charge in [-0.2, -0.15) is 0 Å². The predicted molar refractivity (Wildman–Crippen MR) is 72.9 cm³/mol. The van der Waals surface area contributed by atoms with Crippen molar-refractivity contribution in [1.29, 1.82) is 0 Å². The lowest BCUT2D eigenvalue weighted by atomic mass is 10.3. The van der Waals surface area contributed by atoms with Crippen LogP contribution in [-0.4, -0.2) is 22.3 Å². The number of imidazole rings is 1. The third-order valence-corrected chi connectivity index (χ3v) is 3.00. The molecule has 0 radical (unpaired) electrons. The zero-order valence-corrected chi connectivity index (χ0v) is 11.6. The summed E-state index contributed by atoms with van der Waals surface area (Å²) in [6.45, 7) is 5.40. The van der Waals surface area contributed by atoms with Crippen LogP contribution in [0.2, 0.25) is 0 Å². The molecule has 0 aliphatic rings. The SMILES string of the molecule is CC(C)OCCn1c(N)nc2ccc(Br)cc21. The molecule has 5 heteroatoms. The largest absolute Gasteiger partial charge is 0.377 e. The molecule has 1 aromatic heterocycles. The molecule has 4 nitrogen and oxygen atoms in total. The third kappa shape index (κ3) is 2.79. The Labute approximate surface area is 109 Å². The molecule has 0 amide bonds. The van der Waals surface area contributed by atoms with Gasteiger partial charge in [0.1, 0.15) is 0 Å². The molecule has 1 aromatic carbocycles. The Morgan fingerprint density at radius 3 is 2.94 bits per heavy atom. The van der Waals surface area contributed by atoms with Gasteiger partial charge in [0.15, 0.2) is 0 Å². The van der Waals surface area contributed by atoms with E-state index in [0.29, 0.717) is 12.6 Å². The number of nitrogens with zero attached hydrogens (tertiary/aromatic N) is 2. The van der Waals surface area contributed by atoms with Crippen LogP contribution < -0.4 is 5.73 Å². The van der Waals surface area contributed by atoms with E-state index in [-0.39, 0.29) is 6.10 Å². The fourth-order valence-electron chi connectivity index (χ4n) is 1.73. The van der Waals surface area contributed by atoms with Gasteiger partial charge in [-0.3, -0.25) is 0 Å². The van der Waals surface area contributed by atoms with Crippen molar-refractivity contribution in [1.82, 2.24) is 9.55 Å². The second-order valence-electron chi connectivity index (χ2n) is 4.17. The van der Waals surface area contributed by atoms with Crippen LogP contribution in [-0.2, 0) is 11.3 Å². The summed E-state index contributed by atoms with van der Waals surface area (Å²) < 4.78 is 8.53. The van der Waals surface area contributed by atoms with Crippen LogP contribution in [0.15, 0.2) is 22.7 Å². The van der Waals surface area contributed by atoms with Crippen molar-refractivity contribution in [3.63, 3.8) is 0 Å². The summed E-state index contributed by atoms with van der Waals surface area (Å²) in [5.74, 6) is 0.533. The minimum atomic E-state index is 0.234. The number of halogens is 1. The summed E-state index contributed by atoms with van der Waals surface area (Å²) in [7, 11) is 0. The van der Waals surface area contributed by atoms with E-state index >= 15 is 0 Å². The summed E-state index contributed by atoms with van der Waals surface area (Å²) in [5, 5.41) is 0. The standard InChI is InChI=1S/C12H16BrN3O/c1-8(2)17-6-5-16-11-7-9(13)3-4-10(11)15-12(16)14/h3-4,7-8H,5-6H2,1-2H3,(H2,14,15). The molecule has 2 N–H and O–H groups in total. The monoisotopic (exact) mass is 297 g/mol. The molecule has 0 saturated carbocycles. The van der Waals surface area contributed by atoms with Gasteiger partial charge in [-0.05, 0) is 32.0 Å². The fourth-order valence-corrected chi connectivity index (χ4v) is 2.08. The van der Waals surface area contributed by atoms with Gasteiger partial charge in [0.25, 0.3) is 0 Å². The minimum absolute atomic E-state index is 0.234. The smallest absolute Gasteiger partial charge is 0.201 e. The van der Waals surface area contributed by atoms with Crippen LogP contribution in [0.1, 0.15) is 13.8 Å². The van der Waals surface area contributed by atoms with Crippen LogP contribution >= 0.6 is 15.9 Å². The van der Waals surface area contributed by atoms with Crippen molar-refractivity contribution in [3.8, 4) is 0 Å². The lowest BCUT2D eigenvalue weighted by Crippen LogP contribution is -2.12. The van der Waals surface area contributed by atoms with Crippen molar-refractivity contribution < 1.29 is 4.74 Å². The Morgan fingerprint density at radius 2 is 2.24 bits per heavy atom. The highest BCUT2D eigenvalue weighted by atomic mass is 79.9. The molecule has 0 saturated heterocycles. The Morgan fingerprint density at radius 1 is 1.47 bits per heavy atom. The lowest BCUT2D eigenvalue weighted by molar-refractivity contribution is 0.0735. The van der Waals surface area contributed by atoms with Crippen molar-refractivity contribution in [2.45, 2.75) is 26.5 Å². The van der Waals surface area contributed by atoms with E-state index in [4.69, 9.17) is 10.5 Å². The molecule has 2 rings (SSSR count). The Kier molecular flexibility index (Phi) is 3.69. The Hall–Kier alpha value is -1.07. The summed E-state index contributed by atoms with van der Waals surface area (Å²) in [6.07, 6.45) is 0.234. The fraction of sp³-hybridized carbons (Fsp3) is 0.417. The number of aromatic nitrogens is 2. The zero-order valence-electron chi connectivity index (χ0n) is 9.98. The predicted octanol–water partition coefficient (Wildman–Crippen LogP) is 2.81. The molecule has 1 heterocycles. The van der Waals surface area contributed by atoms with Gasteiger partial charge >= 0.3 is 0 Å². The zero-order chi connectivity index (χ0) is 12.4. The maximum absolute atomic E-state index is 5.90. The molecule has 92 valence electrons. The maximum Gasteiger partial charge on any atom is 0.201 e. The van der Waals surface area contributed by atoms with Crippen molar-refractivity contribution >= 4 is 32.9 Å². The van der Waals surface area contributed by atoms with Crippen molar-refractivity contribution in [3.05, 3.63) is 22.7 Å². The number of nitrogen functional groups attached to an aromatic ring is 1. The highest BCUT2D eigenvalue weighted by molar-refractivity contribution is 9.10. The maximum atomic E-state index is 5.90. The summed E-state index contributed by atoms with van der Waals surface area (Å²) in [5.41, 5.74) is 7.85. The van der Waals surface area contributed by atoms with Crippen molar-refractivity contribution in [2.24, 2.45) is 0 Å². The van der Waals surface area contributed by atoms with E-state index in [1.54, 1.807) is 0 Å². The number of nitrogens with two attached hydrogens (primary N) is 1. The van der Waals surface area contributed by atoms with Crippen LogP contribution in [0, 0.1) is 0 Å². The molecule has 0 aliphatic heterocycles. The molecule has 0 aliphatic carbocycles. The quantitative estimate of drug-likeness (QED) is 0.944. The van der Waals surface area contributed by atoms with E-state index in [1.165, 1.54) is 0 Å². The second kappa shape index (κ2) is 5.06. The normalized spacial score (nSPS) is 11.5. The molecule has 0 fully saturated rings. The van der Waals surface area contributed by atoms with Gasteiger partial charge in [0.2, 0.25) is 5.95 Å². The molecule has 0 spiro atoms. The Bertz CT molecular complexity index is 522. The number of rotatable bonds is 4. The van der Waals surface area contributed by atoms with E-state index in [2.05, 4.69) is 20.9 Å². The van der Waals surface area contributed by atoms with Crippen molar-refractivity contribution in [2.75, 3.05) is 12.3 Å². The van der Waals surface area contributed by atoms with Gasteiger partial charge in [0, 0.05) is 11.0 Å². The van der Waals surface area contributed by atoms with Gasteiger partial charge in [-0.15, -0.1) is 0 Å². The second-order valence-corrected chi connectivity index (χ2v) is 5.09. The lowest BCUT2D eigenvalue weighted by Gasteiger charge is -2.09. The first-order chi connectivity index (χ1) is 8.08.